The average Bonchev–Trinajstić information content (AvgIpc) is 3.00. The van der Waals surface area contributed by atoms with Crippen molar-refractivity contribution in [3.8, 4) is 0 Å². The van der Waals surface area contributed by atoms with Crippen LogP contribution < -0.4 is 10.2 Å². The third-order valence-corrected chi connectivity index (χ3v) is 4.18. The minimum Gasteiger partial charge on any atom is -0.351 e. The molecule has 0 spiro atoms. The molecule has 1 aliphatic heterocycles. The Kier molecular flexibility index (Phi) is 3.73. The highest BCUT2D eigenvalue weighted by molar-refractivity contribution is 6.28. The van der Waals surface area contributed by atoms with E-state index in [0.717, 1.165) is 19.0 Å². The van der Waals surface area contributed by atoms with Gasteiger partial charge in [-0.15, -0.1) is 0 Å². The third kappa shape index (κ3) is 3.08. The summed E-state index contributed by atoms with van der Waals surface area (Å²) in [6.45, 7) is 4.32. The first-order valence-corrected chi connectivity index (χ1v) is 7.51. The van der Waals surface area contributed by atoms with Crippen molar-refractivity contribution in [1.82, 2.24) is 15.0 Å². The maximum Gasteiger partial charge on any atom is 0.231 e. The predicted octanol–water partition coefficient (Wildman–Crippen LogP) is 2.73. The van der Waals surface area contributed by atoms with Crippen LogP contribution in [0.2, 0.25) is 5.28 Å². The lowest BCUT2D eigenvalue weighted by molar-refractivity contribution is 0.601. The van der Waals surface area contributed by atoms with Crippen LogP contribution in [0.3, 0.4) is 0 Å². The topological polar surface area (TPSA) is 53.9 Å². The lowest BCUT2D eigenvalue weighted by Gasteiger charge is -2.17. The zero-order valence-electron chi connectivity index (χ0n) is 11.3. The summed E-state index contributed by atoms with van der Waals surface area (Å²) in [6.07, 6.45) is 6.04. The standard InChI is InChI=1S/C13H20ClN5/c1-9-4-5-10(8-9)15-12-16-11(14)17-13(18-12)19-6-2-3-7-19/h9-10H,2-8H2,1H3,(H,15,16,17,18). The van der Waals surface area contributed by atoms with E-state index in [1.165, 1.54) is 32.1 Å². The molecule has 1 aromatic heterocycles. The highest BCUT2D eigenvalue weighted by Crippen LogP contribution is 2.27. The molecule has 2 atom stereocenters. The van der Waals surface area contributed by atoms with Gasteiger partial charge >= 0.3 is 0 Å². The van der Waals surface area contributed by atoms with Crippen LogP contribution in [-0.2, 0) is 0 Å². The van der Waals surface area contributed by atoms with Gasteiger partial charge in [0.1, 0.15) is 0 Å². The summed E-state index contributed by atoms with van der Waals surface area (Å²) in [5, 5.41) is 3.69. The minimum absolute atomic E-state index is 0.283. The summed E-state index contributed by atoms with van der Waals surface area (Å²) in [5.41, 5.74) is 0. The zero-order valence-corrected chi connectivity index (χ0v) is 12.0. The Morgan fingerprint density at radius 3 is 2.63 bits per heavy atom. The van der Waals surface area contributed by atoms with E-state index in [4.69, 9.17) is 11.6 Å². The molecule has 0 amide bonds. The van der Waals surface area contributed by atoms with Crippen LogP contribution in [0.4, 0.5) is 11.9 Å². The summed E-state index contributed by atoms with van der Waals surface area (Å²) >= 11 is 6.01. The van der Waals surface area contributed by atoms with Gasteiger partial charge < -0.3 is 10.2 Å². The van der Waals surface area contributed by atoms with E-state index in [2.05, 4.69) is 32.1 Å². The molecule has 19 heavy (non-hydrogen) atoms. The number of halogens is 1. The van der Waals surface area contributed by atoms with Crippen molar-refractivity contribution >= 4 is 23.5 Å². The molecule has 2 fully saturated rings. The van der Waals surface area contributed by atoms with Gasteiger partial charge in [-0.2, -0.15) is 15.0 Å². The van der Waals surface area contributed by atoms with Crippen LogP contribution in [0, 0.1) is 5.92 Å². The van der Waals surface area contributed by atoms with Gasteiger partial charge in [-0.25, -0.2) is 0 Å². The fourth-order valence-electron chi connectivity index (χ4n) is 2.98. The van der Waals surface area contributed by atoms with Crippen molar-refractivity contribution in [1.29, 1.82) is 0 Å². The molecule has 2 heterocycles. The molecule has 0 radical (unpaired) electrons. The van der Waals surface area contributed by atoms with E-state index in [1.807, 2.05) is 0 Å². The number of rotatable bonds is 3. The van der Waals surface area contributed by atoms with Crippen molar-refractivity contribution in [2.75, 3.05) is 23.3 Å². The maximum absolute atomic E-state index is 6.01. The second kappa shape index (κ2) is 5.49. The Labute approximate surface area is 118 Å². The van der Waals surface area contributed by atoms with E-state index in [-0.39, 0.29) is 5.28 Å². The number of hydrogen-bond donors (Lipinski definition) is 1. The van der Waals surface area contributed by atoms with Gasteiger partial charge in [-0.3, -0.25) is 0 Å². The molecule has 1 saturated carbocycles. The van der Waals surface area contributed by atoms with Gasteiger partial charge in [0.2, 0.25) is 17.2 Å². The largest absolute Gasteiger partial charge is 0.351 e. The van der Waals surface area contributed by atoms with Gasteiger partial charge in [-0.05, 0) is 49.6 Å². The van der Waals surface area contributed by atoms with Crippen molar-refractivity contribution in [2.45, 2.75) is 45.1 Å². The highest BCUT2D eigenvalue weighted by Gasteiger charge is 2.23. The number of anilines is 2. The molecule has 2 aliphatic rings. The molecule has 0 bridgehead atoms. The molecule has 5 nitrogen and oxygen atoms in total. The van der Waals surface area contributed by atoms with Crippen LogP contribution in [-0.4, -0.2) is 34.1 Å². The first-order chi connectivity index (χ1) is 9.20. The zero-order chi connectivity index (χ0) is 13.2. The average molecular weight is 282 g/mol. The predicted molar refractivity (Wildman–Crippen MR) is 76.7 cm³/mol. The smallest absolute Gasteiger partial charge is 0.231 e. The van der Waals surface area contributed by atoms with Gasteiger partial charge in [0, 0.05) is 19.1 Å². The lowest BCUT2D eigenvalue weighted by Crippen LogP contribution is -2.23. The summed E-state index contributed by atoms with van der Waals surface area (Å²) in [5.74, 6) is 2.12. The number of aromatic nitrogens is 3. The quantitative estimate of drug-likeness (QED) is 0.923. The monoisotopic (exact) mass is 281 g/mol. The van der Waals surface area contributed by atoms with E-state index in [0.29, 0.717) is 17.9 Å². The molecule has 1 N–H and O–H groups in total. The second-order valence-corrected chi connectivity index (χ2v) is 6.02. The van der Waals surface area contributed by atoms with E-state index >= 15 is 0 Å². The Morgan fingerprint density at radius 2 is 1.95 bits per heavy atom. The molecule has 1 aliphatic carbocycles. The molecule has 1 aromatic rings. The Hall–Kier alpha value is -1.10. The summed E-state index contributed by atoms with van der Waals surface area (Å²) in [7, 11) is 0. The number of nitrogens with one attached hydrogen (secondary N) is 1. The van der Waals surface area contributed by atoms with E-state index in [9.17, 15) is 0 Å². The van der Waals surface area contributed by atoms with Crippen LogP contribution in [0.5, 0.6) is 0 Å². The Bertz CT molecular complexity index is 447. The van der Waals surface area contributed by atoms with Crippen LogP contribution in [0.25, 0.3) is 0 Å². The number of hydrogen-bond acceptors (Lipinski definition) is 5. The van der Waals surface area contributed by atoms with E-state index in [1.54, 1.807) is 0 Å². The summed E-state index contributed by atoms with van der Waals surface area (Å²) in [6, 6.07) is 0.472. The first kappa shape index (κ1) is 12.9. The molecule has 6 heteroatoms. The fraction of sp³-hybridized carbons (Fsp3) is 0.769. The van der Waals surface area contributed by atoms with Crippen molar-refractivity contribution in [3.63, 3.8) is 0 Å². The normalized spacial score (nSPS) is 26.9. The summed E-state index contributed by atoms with van der Waals surface area (Å²) < 4.78 is 0. The van der Waals surface area contributed by atoms with Crippen LogP contribution in [0.1, 0.15) is 39.0 Å². The number of nitrogens with zero attached hydrogens (tertiary/aromatic N) is 4. The molecular weight excluding hydrogens is 262 g/mol. The molecule has 2 unspecified atom stereocenters. The summed E-state index contributed by atoms with van der Waals surface area (Å²) in [4.78, 5) is 15.1. The van der Waals surface area contributed by atoms with Gasteiger partial charge in [0.05, 0.1) is 0 Å². The van der Waals surface area contributed by atoms with Crippen molar-refractivity contribution in [2.24, 2.45) is 5.92 Å². The lowest BCUT2D eigenvalue weighted by atomic mass is 10.1. The van der Waals surface area contributed by atoms with Crippen molar-refractivity contribution < 1.29 is 0 Å². The van der Waals surface area contributed by atoms with Gasteiger partial charge in [0.25, 0.3) is 0 Å². The van der Waals surface area contributed by atoms with Crippen LogP contribution in [0.15, 0.2) is 0 Å². The first-order valence-electron chi connectivity index (χ1n) is 7.14. The molecule has 1 saturated heterocycles. The third-order valence-electron chi connectivity index (χ3n) is 4.01. The second-order valence-electron chi connectivity index (χ2n) is 5.68. The Morgan fingerprint density at radius 1 is 1.16 bits per heavy atom. The van der Waals surface area contributed by atoms with E-state index < -0.39 is 0 Å². The molecule has 0 aromatic carbocycles. The molecular formula is C13H20ClN5. The van der Waals surface area contributed by atoms with Crippen molar-refractivity contribution in [3.05, 3.63) is 5.28 Å². The molecule has 3 rings (SSSR count). The SMILES string of the molecule is CC1CCC(Nc2nc(Cl)nc(N3CCCC3)n2)C1. The maximum atomic E-state index is 6.01. The van der Waals surface area contributed by atoms with Crippen LogP contribution >= 0.6 is 11.6 Å². The fourth-order valence-corrected chi connectivity index (χ4v) is 3.14. The highest BCUT2D eigenvalue weighted by atomic mass is 35.5. The van der Waals surface area contributed by atoms with Gasteiger partial charge in [0.15, 0.2) is 0 Å². The minimum atomic E-state index is 0.283. The van der Waals surface area contributed by atoms with Gasteiger partial charge in [-0.1, -0.05) is 6.92 Å². The molecule has 104 valence electrons. The Balaban J connectivity index is 1.73.